The van der Waals surface area contributed by atoms with Crippen molar-refractivity contribution in [2.24, 2.45) is 0 Å². The number of carbonyl (C=O) groups excluding carboxylic acids is 1. The minimum absolute atomic E-state index is 0.00222. The fraction of sp³-hybridized carbons (Fsp3) is 0.278. The van der Waals surface area contributed by atoms with Crippen molar-refractivity contribution in [1.82, 2.24) is 0 Å². The molecular weight excluding hydrogens is 276 g/mol. The Bertz CT molecular complexity index is 708. The van der Waals surface area contributed by atoms with E-state index in [2.05, 4.69) is 0 Å². The molecule has 2 aromatic rings. The molecule has 0 aromatic heterocycles. The number of phenolic OH excluding ortho intramolecular Hbond substituents is 1. The molecule has 22 heavy (non-hydrogen) atoms. The molecule has 0 saturated heterocycles. The van der Waals surface area contributed by atoms with E-state index in [0.717, 1.165) is 22.5 Å². The second-order valence-electron chi connectivity index (χ2n) is 5.75. The Labute approximate surface area is 131 Å². The molecule has 0 spiro atoms. The minimum atomic E-state index is -0.227. The zero-order chi connectivity index (χ0) is 16.4. The molecule has 0 bridgehead atoms. The number of phenols is 1. The van der Waals surface area contributed by atoms with Crippen LogP contribution in [0.1, 0.15) is 21.5 Å². The van der Waals surface area contributed by atoms with Crippen molar-refractivity contribution < 1.29 is 9.90 Å². The van der Waals surface area contributed by atoms with Gasteiger partial charge in [-0.15, -0.1) is 0 Å². The number of aryl methyl sites for hydroxylation is 2. The molecular formula is C18H22N2O2. The van der Waals surface area contributed by atoms with E-state index in [0.29, 0.717) is 5.56 Å². The van der Waals surface area contributed by atoms with Crippen LogP contribution in [0.15, 0.2) is 36.4 Å². The summed E-state index contributed by atoms with van der Waals surface area (Å²) in [6.07, 6.45) is 0. The Morgan fingerprint density at radius 3 is 2.32 bits per heavy atom. The predicted octanol–water partition coefficient (Wildman–Crippen LogP) is 3.35. The van der Waals surface area contributed by atoms with Crippen LogP contribution in [0.25, 0.3) is 0 Å². The SMILES string of the molecule is Cc1ccc(O)c(C(=O)N(C)c2ccc(C)c(N(C)C)c2)c1. The fourth-order valence-electron chi connectivity index (χ4n) is 2.41. The van der Waals surface area contributed by atoms with E-state index in [1.54, 1.807) is 30.1 Å². The first-order valence-corrected chi connectivity index (χ1v) is 7.17. The normalized spacial score (nSPS) is 10.4. The van der Waals surface area contributed by atoms with Gasteiger partial charge in [0.1, 0.15) is 5.75 Å². The van der Waals surface area contributed by atoms with Gasteiger partial charge in [-0.3, -0.25) is 4.79 Å². The molecule has 1 N–H and O–H groups in total. The zero-order valence-corrected chi connectivity index (χ0v) is 13.7. The van der Waals surface area contributed by atoms with Gasteiger partial charge in [0.05, 0.1) is 5.56 Å². The fourth-order valence-corrected chi connectivity index (χ4v) is 2.41. The summed E-state index contributed by atoms with van der Waals surface area (Å²) in [5.74, 6) is -0.225. The Balaban J connectivity index is 2.39. The van der Waals surface area contributed by atoms with Crippen LogP contribution in [0.2, 0.25) is 0 Å². The maximum absolute atomic E-state index is 12.6. The maximum atomic E-state index is 12.6. The van der Waals surface area contributed by atoms with Crippen molar-refractivity contribution in [3.63, 3.8) is 0 Å². The van der Waals surface area contributed by atoms with Crippen molar-refractivity contribution in [2.75, 3.05) is 30.9 Å². The molecule has 0 radical (unpaired) electrons. The van der Waals surface area contributed by atoms with Crippen LogP contribution < -0.4 is 9.80 Å². The molecule has 0 atom stereocenters. The van der Waals surface area contributed by atoms with E-state index in [1.807, 2.05) is 51.0 Å². The standard InChI is InChI=1S/C18H22N2O2/c1-12-6-9-17(21)15(10-12)18(22)20(5)14-8-7-13(2)16(11-14)19(3)4/h6-11,21H,1-5H3. The maximum Gasteiger partial charge on any atom is 0.261 e. The van der Waals surface area contributed by atoms with Gasteiger partial charge in [-0.1, -0.05) is 17.7 Å². The van der Waals surface area contributed by atoms with Crippen molar-refractivity contribution >= 4 is 17.3 Å². The summed E-state index contributed by atoms with van der Waals surface area (Å²) in [5.41, 5.74) is 4.25. The quantitative estimate of drug-likeness (QED) is 0.945. The highest BCUT2D eigenvalue weighted by Crippen LogP contribution is 2.27. The third-order valence-electron chi connectivity index (χ3n) is 3.75. The lowest BCUT2D eigenvalue weighted by Crippen LogP contribution is -2.26. The van der Waals surface area contributed by atoms with Crippen LogP contribution in [0.4, 0.5) is 11.4 Å². The van der Waals surface area contributed by atoms with Gasteiger partial charge in [0, 0.05) is 32.5 Å². The highest BCUT2D eigenvalue weighted by molar-refractivity contribution is 6.07. The van der Waals surface area contributed by atoms with Crippen LogP contribution in [-0.4, -0.2) is 32.2 Å². The predicted molar refractivity (Wildman–Crippen MR) is 91.1 cm³/mol. The molecule has 0 aliphatic heterocycles. The van der Waals surface area contributed by atoms with Crippen molar-refractivity contribution in [3.05, 3.63) is 53.1 Å². The van der Waals surface area contributed by atoms with E-state index < -0.39 is 0 Å². The molecule has 2 aromatic carbocycles. The first kappa shape index (κ1) is 15.9. The zero-order valence-electron chi connectivity index (χ0n) is 13.7. The van der Waals surface area contributed by atoms with Gasteiger partial charge in [-0.05, 0) is 43.7 Å². The summed E-state index contributed by atoms with van der Waals surface area (Å²) in [7, 11) is 5.66. The molecule has 2 rings (SSSR count). The second kappa shape index (κ2) is 6.10. The Morgan fingerprint density at radius 1 is 1.00 bits per heavy atom. The summed E-state index contributed by atoms with van der Waals surface area (Å²) in [4.78, 5) is 16.2. The number of nitrogens with zero attached hydrogens (tertiary/aromatic N) is 2. The van der Waals surface area contributed by atoms with Gasteiger partial charge >= 0.3 is 0 Å². The molecule has 0 saturated carbocycles. The van der Waals surface area contributed by atoms with Crippen LogP contribution >= 0.6 is 0 Å². The third-order valence-corrected chi connectivity index (χ3v) is 3.75. The van der Waals surface area contributed by atoms with Gasteiger partial charge in [-0.25, -0.2) is 0 Å². The van der Waals surface area contributed by atoms with Gasteiger partial charge in [0.15, 0.2) is 0 Å². The number of carbonyl (C=O) groups is 1. The summed E-state index contributed by atoms with van der Waals surface area (Å²) in [5, 5.41) is 9.93. The molecule has 0 aliphatic carbocycles. The first-order chi connectivity index (χ1) is 10.3. The molecule has 0 heterocycles. The number of benzene rings is 2. The highest BCUT2D eigenvalue weighted by atomic mass is 16.3. The molecule has 1 amide bonds. The van der Waals surface area contributed by atoms with E-state index in [9.17, 15) is 9.90 Å². The Kier molecular flexibility index (Phi) is 4.40. The monoisotopic (exact) mass is 298 g/mol. The number of hydrogen-bond acceptors (Lipinski definition) is 3. The Morgan fingerprint density at radius 2 is 1.68 bits per heavy atom. The topological polar surface area (TPSA) is 43.8 Å². The number of hydrogen-bond donors (Lipinski definition) is 1. The summed E-state index contributed by atoms with van der Waals surface area (Å²) in [6.45, 7) is 3.93. The van der Waals surface area contributed by atoms with Crippen LogP contribution in [0, 0.1) is 13.8 Å². The van der Waals surface area contributed by atoms with Crippen LogP contribution in [0.5, 0.6) is 5.75 Å². The van der Waals surface area contributed by atoms with E-state index >= 15 is 0 Å². The molecule has 0 unspecified atom stereocenters. The molecule has 4 heteroatoms. The minimum Gasteiger partial charge on any atom is -0.507 e. The van der Waals surface area contributed by atoms with Crippen LogP contribution in [-0.2, 0) is 0 Å². The average molecular weight is 298 g/mol. The van der Waals surface area contributed by atoms with E-state index in [-0.39, 0.29) is 11.7 Å². The number of aromatic hydroxyl groups is 1. The van der Waals surface area contributed by atoms with Crippen molar-refractivity contribution in [2.45, 2.75) is 13.8 Å². The lowest BCUT2D eigenvalue weighted by Gasteiger charge is -2.22. The molecule has 116 valence electrons. The van der Waals surface area contributed by atoms with E-state index in [4.69, 9.17) is 0 Å². The lowest BCUT2D eigenvalue weighted by molar-refractivity contribution is 0.0990. The molecule has 0 aliphatic rings. The summed E-state index contributed by atoms with van der Waals surface area (Å²) >= 11 is 0. The lowest BCUT2D eigenvalue weighted by atomic mass is 10.1. The summed E-state index contributed by atoms with van der Waals surface area (Å²) < 4.78 is 0. The van der Waals surface area contributed by atoms with Crippen molar-refractivity contribution in [3.8, 4) is 5.75 Å². The van der Waals surface area contributed by atoms with Gasteiger partial charge in [0.25, 0.3) is 5.91 Å². The Hall–Kier alpha value is -2.49. The number of amides is 1. The average Bonchev–Trinajstić information content (AvgIpc) is 2.48. The number of anilines is 2. The molecule has 4 nitrogen and oxygen atoms in total. The van der Waals surface area contributed by atoms with Gasteiger partial charge in [-0.2, -0.15) is 0 Å². The highest BCUT2D eigenvalue weighted by Gasteiger charge is 2.18. The smallest absolute Gasteiger partial charge is 0.261 e. The number of rotatable bonds is 3. The van der Waals surface area contributed by atoms with Gasteiger partial charge < -0.3 is 14.9 Å². The van der Waals surface area contributed by atoms with Gasteiger partial charge in [0.2, 0.25) is 0 Å². The molecule has 0 fully saturated rings. The largest absolute Gasteiger partial charge is 0.507 e. The third kappa shape index (κ3) is 3.06. The van der Waals surface area contributed by atoms with Crippen LogP contribution in [0.3, 0.4) is 0 Å². The van der Waals surface area contributed by atoms with E-state index in [1.165, 1.54) is 0 Å². The van der Waals surface area contributed by atoms with Crippen molar-refractivity contribution in [1.29, 1.82) is 0 Å². The second-order valence-corrected chi connectivity index (χ2v) is 5.75. The first-order valence-electron chi connectivity index (χ1n) is 7.17. The summed E-state index contributed by atoms with van der Waals surface area (Å²) in [6, 6.07) is 10.9.